The van der Waals surface area contributed by atoms with Crippen LogP contribution < -0.4 is 14.2 Å². The maximum atomic E-state index is 11.7. The van der Waals surface area contributed by atoms with E-state index in [1.807, 2.05) is 24.5 Å². The van der Waals surface area contributed by atoms with E-state index in [1.165, 1.54) is 23.1 Å². The highest BCUT2D eigenvalue weighted by atomic mass is 35.5. The van der Waals surface area contributed by atoms with E-state index in [2.05, 4.69) is 49.8 Å². The number of hydrogen-bond donors (Lipinski definition) is 1. The number of benzene rings is 2. The summed E-state index contributed by atoms with van der Waals surface area (Å²) in [4.78, 5) is 11.7. The Labute approximate surface area is 183 Å². The van der Waals surface area contributed by atoms with Gasteiger partial charge in [-0.05, 0) is 54.5 Å². The van der Waals surface area contributed by atoms with Crippen LogP contribution in [0.4, 0.5) is 0 Å². The Morgan fingerprint density at radius 3 is 2.41 bits per heavy atom. The van der Waals surface area contributed by atoms with Gasteiger partial charge in [-0.3, -0.25) is 9.52 Å². The second-order valence-corrected chi connectivity index (χ2v) is 8.45. The smallest absolute Gasteiger partial charge is 0.184 e. The van der Waals surface area contributed by atoms with Crippen molar-refractivity contribution in [1.82, 2.24) is 4.72 Å². The zero-order valence-corrected chi connectivity index (χ0v) is 19.2. The van der Waals surface area contributed by atoms with Crippen LogP contribution in [-0.4, -0.2) is 37.7 Å². The molecule has 2 rings (SSSR count). The molecule has 0 saturated heterocycles. The van der Waals surface area contributed by atoms with Crippen molar-refractivity contribution in [2.75, 3.05) is 31.9 Å². The number of aryl methyl sites for hydroxylation is 1. The van der Waals surface area contributed by atoms with E-state index in [0.717, 1.165) is 17.7 Å². The second kappa shape index (κ2) is 11.5. The monoisotopic (exact) mass is 435 g/mol. The predicted octanol–water partition coefficient (Wildman–Crippen LogP) is 5.14. The van der Waals surface area contributed by atoms with Crippen molar-refractivity contribution in [1.29, 1.82) is 0 Å². The van der Waals surface area contributed by atoms with Gasteiger partial charge in [-0.1, -0.05) is 50.1 Å². The van der Waals surface area contributed by atoms with Crippen LogP contribution in [0.1, 0.15) is 37.0 Å². The quantitative estimate of drug-likeness (QED) is 0.284. The summed E-state index contributed by atoms with van der Waals surface area (Å²) < 4.78 is 14.3. The third-order valence-electron chi connectivity index (χ3n) is 4.82. The zero-order valence-electron chi connectivity index (χ0n) is 17.6. The fourth-order valence-corrected chi connectivity index (χ4v) is 3.35. The highest BCUT2D eigenvalue weighted by Crippen LogP contribution is 2.34. The molecule has 0 aliphatic rings. The van der Waals surface area contributed by atoms with Crippen LogP contribution in [0.3, 0.4) is 0 Å². The van der Waals surface area contributed by atoms with Crippen LogP contribution in [-0.2, 0) is 10.2 Å². The summed E-state index contributed by atoms with van der Waals surface area (Å²) in [5.41, 5.74) is 3.33. The summed E-state index contributed by atoms with van der Waals surface area (Å²) in [6.45, 7) is 7.46. The SMILES string of the molecule is CSNCC(=O)COc1ccc(C(C)(C)c2ccc(OCCCCl)c(C)c2)cc1. The molecule has 0 amide bonds. The summed E-state index contributed by atoms with van der Waals surface area (Å²) in [6.07, 6.45) is 2.72. The molecule has 29 heavy (non-hydrogen) atoms. The molecule has 0 aliphatic carbocycles. The normalized spacial score (nSPS) is 11.3. The fourth-order valence-electron chi connectivity index (χ4n) is 2.94. The highest BCUT2D eigenvalue weighted by molar-refractivity contribution is 7.96. The first kappa shape index (κ1) is 23.6. The van der Waals surface area contributed by atoms with E-state index in [9.17, 15) is 4.79 Å². The van der Waals surface area contributed by atoms with Crippen molar-refractivity contribution in [2.45, 2.75) is 32.6 Å². The lowest BCUT2D eigenvalue weighted by Gasteiger charge is -2.27. The first-order chi connectivity index (χ1) is 13.9. The number of carbonyl (C=O) groups excluding carboxylic acids is 1. The zero-order chi connectivity index (χ0) is 21.3. The Hall–Kier alpha value is -1.69. The molecular formula is C23H30ClNO3S. The Morgan fingerprint density at radius 2 is 1.79 bits per heavy atom. The van der Waals surface area contributed by atoms with Crippen LogP contribution in [0.5, 0.6) is 11.5 Å². The van der Waals surface area contributed by atoms with E-state index < -0.39 is 0 Å². The van der Waals surface area contributed by atoms with Gasteiger partial charge in [0.2, 0.25) is 0 Å². The molecule has 0 saturated carbocycles. The average Bonchev–Trinajstić information content (AvgIpc) is 2.72. The number of alkyl halides is 1. The average molecular weight is 436 g/mol. The number of nitrogens with one attached hydrogen (secondary N) is 1. The van der Waals surface area contributed by atoms with E-state index in [4.69, 9.17) is 21.1 Å². The molecule has 0 atom stereocenters. The Balaban J connectivity index is 2.04. The molecule has 0 aliphatic heterocycles. The van der Waals surface area contributed by atoms with E-state index in [1.54, 1.807) is 0 Å². The van der Waals surface area contributed by atoms with Crippen LogP contribution in [0, 0.1) is 6.92 Å². The van der Waals surface area contributed by atoms with Gasteiger partial charge in [0, 0.05) is 11.3 Å². The topological polar surface area (TPSA) is 47.6 Å². The number of Topliss-reactive ketones (excluding diaryl/α,β-unsaturated/α-hetero) is 1. The van der Waals surface area contributed by atoms with Gasteiger partial charge in [0.15, 0.2) is 5.78 Å². The largest absolute Gasteiger partial charge is 0.493 e. The van der Waals surface area contributed by atoms with Gasteiger partial charge in [-0.15, -0.1) is 11.6 Å². The molecule has 0 radical (unpaired) electrons. The summed E-state index contributed by atoms with van der Waals surface area (Å²) in [5.74, 6) is 2.22. The maximum Gasteiger partial charge on any atom is 0.184 e. The Morgan fingerprint density at radius 1 is 1.10 bits per heavy atom. The van der Waals surface area contributed by atoms with Crippen LogP contribution in [0.15, 0.2) is 42.5 Å². The number of ketones is 1. The third-order valence-corrected chi connectivity index (χ3v) is 5.52. The molecule has 0 unspecified atom stereocenters. The first-order valence-electron chi connectivity index (χ1n) is 9.69. The van der Waals surface area contributed by atoms with Gasteiger partial charge in [0.05, 0.1) is 13.2 Å². The predicted molar refractivity (Wildman–Crippen MR) is 123 cm³/mol. The lowest BCUT2D eigenvalue weighted by molar-refractivity contribution is -0.119. The number of halogens is 1. The minimum Gasteiger partial charge on any atom is -0.493 e. The molecular weight excluding hydrogens is 406 g/mol. The minimum absolute atomic E-state index is 0.0209. The van der Waals surface area contributed by atoms with Gasteiger partial charge < -0.3 is 9.47 Å². The van der Waals surface area contributed by atoms with Gasteiger partial charge >= 0.3 is 0 Å². The Bertz CT molecular complexity index is 793. The standard InChI is InChI=1S/C23H30ClNO3S/c1-17-14-19(8-11-22(17)27-13-5-12-24)23(2,3)18-6-9-21(10-7-18)28-16-20(26)15-25-29-4/h6-11,14,25H,5,12-13,15-16H2,1-4H3. The lowest BCUT2D eigenvalue weighted by atomic mass is 9.77. The van der Waals surface area contributed by atoms with Crippen molar-refractivity contribution in [3.8, 4) is 11.5 Å². The molecule has 0 aromatic heterocycles. The van der Waals surface area contributed by atoms with E-state index in [0.29, 0.717) is 24.8 Å². The number of rotatable bonds is 12. The molecule has 0 fully saturated rings. The van der Waals surface area contributed by atoms with Gasteiger partial charge in [0.25, 0.3) is 0 Å². The van der Waals surface area contributed by atoms with E-state index in [-0.39, 0.29) is 17.8 Å². The van der Waals surface area contributed by atoms with Crippen molar-refractivity contribution < 1.29 is 14.3 Å². The van der Waals surface area contributed by atoms with Crippen LogP contribution in [0.2, 0.25) is 0 Å². The fraction of sp³-hybridized carbons (Fsp3) is 0.435. The first-order valence-corrected chi connectivity index (χ1v) is 11.4. The van der Waals surface area contributed by atoms with Crippen molar-refractivity contribution in [2.24, 2.45) is 0 Å². The van der Waals surface area contributed by atoms with Crippen LogP contribution in [0.25, 0.3) is 0 Å². The molecule has 1 N–H and O–H groups in total. The van der Waals surface area contributed by atoms with Gasteiger partial charge in [-0.2, -0.15) is 0 Å². The summed E-state index contributed by atoms with van der Waals surface area (Å²) in [7, 11) is 0. The molecule has 0 spiro atoms. The summed E-state index contributed by atoms with van der Waals surface area (Å²) in [6, 6.07) is 14.3. The third kappa shape index (κ3) is 6.95. The van der Waals surface area contributed by atoms with Gasteiger partial charge in [0.1, 0.15) is 18.1 Å². The number of carbonyl (C=O) groups is 1. The van der Waals surface area contributed by atoms with Crippen molar-refractivity contribution in [3.63, 3.8) is 0 Å². The molecule has 2 aromatic rings. The molecule has 4 nitrogen and oxygen atoms in total. The molecule has 0 bridgehead atoms. The van der Waals surface area contributed by atoms with Crippen molar-refractivity contribution in [3.05, 3.63) is 59.2 Å². The molecule has 6 heteroatoms. The Kier molecular flexibility index (Phi) is 9.34. The minimum atomic E-state index is -0.171. The number of hydrogen-bond acceptors (Lipinski definition) is 5. The second-order valence-electron chi connectivity index (χ2n) is 7.37. The number of ether oxygens (including phenoxy) is 2. The molecule has 2 aromatic carbocycles. The molecule has 0 heterocycles. The van der Waals surface area contributed by atoms with Crippen molar-refractivity contribution >= 4 is 29.3 Å². The van der Waals surface area contributed by atoms with Gasteiger partial charge in [-0.25, -0.2) is 0 Å². The highest BCUT2D eigenvalue weighted by Gasteiger charge is 2.24. The van der Waals surface area contributed by atoms with E-state index >= 15 is 0 Å². The summed E-state index contributed by atoms with van der Waals surface area (Å²) >= 11 is 7.14. The lowest BCUT2D eigenvalue weighted by Crippen LogP contribution is -2.22. The summed E-state index contributed by atoms with van der Waals surface area (Å²) in [5, 5.41) is 0. The molecule has 158 valence electrons. The maximum absolute atomic E-state index is 11.7. The van der Waals surface area contributed by atoms with Crippen LogP contribution >= 0.6 is 23.5 Å².